The molecule has 0 aliphatic carbocycles. The number of hydrogen-bond donors (Lipinski definition) is 0. The topological polar surface area (TPSA) is 42.0 Å². The monoisotopic (exact) mass is 380 g/mol. The lowest BCUT2D eigenvalue weighted by Gasteiger charge is -2.35. The van der Waals surface area contributed by atoms with Crippen LogP contribution in [0.4, 0.5) is 0 Å². The first-order valence-corrected chi connectivity index (χ1v) is 9.69. The quantitative estimate of drug-likeness (QED) is 0.739. The Morgan fingerprint density at radius 2 is 1.75 bits per heavy atom. The van der Waals surface area contributed by atoms with Crippen LogP contribution in [0.2, 0.25) is 0 Å². The van der Waals surface area contributed by atoms with Crippen molar-refractivity contribution in [2.24, 2.45) is 0 Å². The Labute approximate surface area is 167 Å². The minimum atomic E-state index is -0.517. The molecule has 0 N–H and O–H groups in total. The number of piperazine rings is 1. The molecule has 1 aliphatic rings. The van der Waals surface area contributed by atoms with Crippen LogP contribution in [-0.2, 0) is 4.79 Å². The summed E-state index contributed by atoms with van der Waals surface area (Å²) in [5, 5.41) is 0. The Bertz CT molecular complexity index is 783. The number of benzene rings is 2. The molecule has 1 atom stereocenters. The zero-order valence-corrected chi connectivity index (χ0v) is 16.6. The minimum Gasteiger partial charge on any atom is -0.497 e. The molecule has 28 heavy (non-hydrogen) atoms. The van der Waals surface area contributed by atoms with E-state index < -0.39 is 6.10 Å². The Kier molecular flexibility index (Phi) is 7.09. The van der Waals surface area contributed by atoms with Gasteiger partial charge >= 0.3 is 0 Å². The second-order valence-corrected chi connectivity index (χ2v) is 6.88. The Hall–Kier alpha value is -2.79. The molecule has 5 heteroatoms. The van der Waals surface area contributed by atoms with E-state index in [4.69, 9.17) is 9.47 Å². The molecule has 3 rings (SSSR count). The number of carbonyl (C=O) groups is 1. The van der Waals surface area contributed by atoms with Crippen LogP contribution in [0.5, 0.6) is 11.5 Å². The maximum absolute atomic E-state index is 12.7. The van der Waals surface area contributed by atoms with Crippen LogP contribution >= 0.6 is 0 Å². The van der Waals surface area contributed by atoms with Crippen molar-refractivity contribution in [3.63, 3.8) is 0 Å². The Morgan fingerprint density at radius 3 is 2.46 bits per heavy atom. The van der Waals surface area contributed by atoms with Gasteiger partial charge in [0.25, 0.3) is 5.91 Å². The fraction of sp³-hybridized carbons (Fsp3) is 0.348. The molecule has 0 bridgehead atoms. The summed E-state index contributed by atoms with van der Waals surface area (Å²) < 4.78 is 11.0. The normalized spacial score (nSPS) is 16.1. The average molecular weight is 380 g/mol. The first kappa shape index (κ1) is 20.0. The van der Waals surface area contributed by atoms with E-state index in [0.717, 1.165) is 32.7 Å². The maximum atomic E-state index is 12.7. The lowest BCUT2D eigenvalue weighted by molar-refractivity contribution is -0.139. The van der Waals surface area contributed by atoms with E-state index in [1.807, 2.05) is 41.3 Å². The molecule has 1 unspecified atom stereocenters. The van der Waals surface area contributed by atoms with Gasteiger partial charge in [0.2, 0.25) is 0 Å². The fourth-order valence-corrected chi connectivity index (χ4v) is 3.24. The third-order valence-corrected chi connectivity index (χ3v) is 4.86. The third kappa shape index (κ3) is 5.60. The van der Waals surface area contributed by atoms with E-state index in [2.05, 4.69) is 29.2 Å². The highest BCUT2D eigenvalue weighted by Crippen LogP contribution is 2.20. The summed E-state index contributed by atoms with van der Waals surface area (Å²) in [4.78, 5) is 16.9. The van der Waals surface area contributed by atoms with E-state index >= 15 is 0 Å². The van der Waals surface area contributed by atoms with E-state index in [-0.39, 0.29) is 5.91 Å². The van der Waals surface area contributed by atoms with Gasteiger partial charge in [0.05, 0.1) is 7.11 Å². The number of ether oxygens (including phenoxy) is 2. The van der Waals surface area contributed by atoms with Gasteiger partial charge in [0.15, 0.2) is 6.10 Å². The molecule has 0 radical (unpaired) electrons. The standard InChI is InChI=1S/C23H28N2O3/c1-19(28-22-12-6-11-21(18-22)27-2)23(26)25-16-14-24(15-17-25)13-7-10-20-8-4-3-5-9-20/h3-12,18-19H,13-17H2,1-2H3/b10-7+. The van der Waals surface area contributed by atoms with Crippen molar-refractivity contribution in [2.45, 2.75) is 13.0 Å². The second-order valence-electron chi connectivity index (χ2n) is 6.88. The van der Waals surface area contributed by atoms with Crippen LogP contribution in [-0.4, -0.2) is 61.6 Å². The summed E-state index contributed by atoms with van der Waals surface area (Å²) in [7, 11) is 1.61. The van der Waals surface area contributed by atoms with Crippen LogP contribution in [0.3, 0.4) is 0 Å². The molecule has 2 aromatic carbocycles. The lowest BCUT2D eigenvalue weighted by atomic mass is 10.2. The van der Waals surface area contributed by atoms with Gasteiger partial charge in [-0.1, -0.05) is 48.6 Å². The van der Waals surface area contributed by atoms with Gasteiger partial charge in [-0.2, -0.15) is 0 Å². The van der Waals surface area contributed by atoms with Gasteiger partial charge < -0.3 is 14.4 Å². The highest BCUT2D eigenvalue weighted by Gasteiger charge is 2.25. The molecule has 0 saturated carbocycles. The zero-order valence-electron chi connectivity index (χ0n) is 16.6. The van der Waals surface area contributed by atoms with E-state index in [0.29, 0.717) is 11.5 Å². The number of rotatable bonds is 7. The molecular weight excluding hydrogens is 352 g/mol. The number of nitrogens with zero attached hydrogens (tertiary/aromatic N) is 2. The predicted molar refractivity (Wildman–Crippen MR) is 112 cm³/mol. The van der Waals surface area contributed by atoms with Crippen LogP contribution in [0.15, 0.2) is 60.7 Å². The molecule has 1 saturated heterocycles. The van der Waals surface area contributed by atoms with Crippen molar-refractivity contribution >= 4 is 12.0 Å². The van der Waals surface area contributed by atoms with Crippen molar-refractivity contribution in [3.8, 4) is 11.5 Å². The molecule has 0 aromatic heterocycles. The number of carbonyl (C=O) groups excluding carboxylic acids is 1. The number of hydrogen-bond acceptors (Lipinski definition) is 4. The highest BCUT2D eigenvalue weighted by molar-refractivity contribution is 5.81. The number of methoxy groups -OCH3 is 1. The maximum Gasteiger partial charge on any atom is 0.263 e. The highest BCUT2D eigenvalue weighted by atomic mass is 16.5. The summed E-state index contributed by atoms with van der Waals surface area (Å²) in [5.74, 6) is 1.39. The number of amides is 1. The minimum absolute atomic E-state index is 0.0299. The van der Waals surface area contributed by atoms with Crippen molar-refractivity contribution < 1.29 is 14.3 Å². The molecule has 1 aliphatic heterocycles. The smallest absolute Gasteiger partial charge is 0.263 e. The van der Waals surface area contributed by atoms with Crippen LogP contribution in [0, 0.1) is 0 Å². The fourth-order valence-electron chi connectivity index (χ4n) is 3.24. The molecule has 5 nitrogen and oxygen atoms in total. The van der Waals surface area contributed by atoms with Gasteiger partial charge in [-0.05, 0) is 24.6 Å². The van der Waals surface area contributed by atoms with Crippen LogP contribution in [0.1, 0.15) is 12.5 Å². The second kappa shape index (κ2) is 9.95. The van der Waals surface area contributed by atoms with Crippen molar-refractivity contribution in [1.82, 2.24) is 9.80 Å². The largest absolute Gasteiger partial charge is 0.497 e. The Morgan fingerprint density at radius 1 is 1.04 bits per heavy atom. The van der Waals surface area contributed by atoms with E-state index in [9.17, 15) is 4.79 Å². The summed E-state index contributed by atoms with van der Waals surface area (Å²) in [6, 6.07) is 17.6. The van der Waals surface area contributed by atoms with Crippen LogP contribution in [0.25, 0.3) is 6.08 Å². The summed E-state index contributed by atoms with van der Waals surface area (Å²) in [5.41, 5.74) is 1.21. The summed E-state index contributed by atoms with van der Waals surface area (Å²) in [6.45, 7) is 5.89. The first-order valence-electron chi connectivity index (χ1n) is 9.69. The molecule has 148 valence electrons. The van der Waals surface area contributed by atoms with Crippen molar-refractivity contribution in [3.05, 3.63) is 66.2 Å². The lowest BCUT2D eigenvalue weighted by Crippen LogP contribution is -2.51. The van der Waals surface area contributed by atoms with Gasteiger partial charge in [0, 0.05) is 38.8 Å². The SMILES string of the molecule is COc1cccc(OC(C)C(=O)N2CCN(C/C=C/c3ccccc3)CC2)c1. The van der Waals surface area contributed by atoms with Gasteiger partial charge in [-0.25, -0.2) is 0 Å². The summed E-state index contributed by atoms with van der Waals surface area (Å²) >= 11 is 0. The Balaban J connectivity index is 1.44. The van der Waals surface area contributed by atoms with E-state index in [1.54, 1.807) is 20.1 Å². The van der Waals surface area contributed by atoms with Crippen molar-refractivity contribution in [2.75, 3.05) is 39.8 Å². The van der Waals surface area contributed by atoms with Gasteiger partial charge in [-0.3, -0.25) is 9.69 Å². The molecule has 2 aromatic rings. The summed E-state index contributed by atoms with van der Waals surface area (Å²) in [6.07, 6.45) is 3.81. The average Bonchev–Trinajstić information content (AvgIpc) is 2.74. The van der Waals surface area contributed by atoms with Crippen molar-refractivity contribution in [1.29, 1.82) is 0 Å². The molecular formula is C23H28N2O3. The molecule has 1 amide bonds. The first-order chi connectivity index (χ1) is 13.7. The van der Waals surface area contributed by atoms with Crippen LogP contribution < -0.4 is 9.47 Å². The van der Waals surface area contributed by atoms with Gasteiger partial charge in [0.1, 0.15) is 11.5 Å². The third-order valence-electron chi connectivity index (χ3n) is 4.86. The zero-order chi connectivity index (χ0) is 19.8. The van der Waals surface area contributed by atoms with Gasteiger partial charge in [-0.15, -0.1) is 0 Å². The predicted octanol–water partition coefficient (Wildman–Crippen LogP) is 3.32. The van der Waals surface area contributed by atoms with E-state index in [1.165, 1.54) is 5.56 Å². The molecule has 1 heterocycles. The molecule has 1 fully saturated rings. The molecule has 0 spiro atoms.